The molecule has 1 aliphatic carbocycles. The molecule has 2 aromatic rings. The third-order valence-corrected chi connectivity index (χ3v) is 7.57. The number of thioether (sulfide) groups is 1. The Bertz CT molecular complexity index is 910. The summed E-state index contributed by atoms with van der Waals surface area (Å²) in [6.45, 7) is 4.02. The lowest BCUT2D eigenvalue weighted by Crippen LogP contribution is -2.50. The molecule has 1 fully saturated rings. The van der Waals surface area contributed by atoms with Crippen molar-refractivity contribution in [2.75, 3.05) is 5.75 Å². The summed E-state index contributed by atoms with van der Waals surface area (Å²) in [4.78, 5) is 27.8. The monoisotopic (exact) mass is 492 g/mol. The summed E-state index contributed by atoms with van der Waals surface area (Å²) in [6, 6.07) is 13.1. The summed E-state index contributed by atoms with van der Waals surface area (Å²) in [5.41, 5.74) is 3.04. The second-order valence-electron chi connectivity index (χ2n) is 8.37. The van der Waals surface area contributed by atoms with Gasteiger partial charge in [-0.05, 0) is 44.4 Å². The van der Waals surface area contributed by atoms with E-state index in [4.69, 9.17) is 23.2 Å². The van der Waals surface area contributed by atoms with Crippen LogP contribution >= 0.6 is 35.0 Å². The standard InChI is InChI=1S/C25H30Cl2N2O2S/c1-17-10-12-19(13-11-17)15-32-16-24(30)29(14-21-22(26)8-5-9-23(21)27)18(2)25(31)28-20-6-3-4-7-20/h5,8-13,18,20H,3-4,6-7,14-16H2,1-2H3,(H,28,31)/t18-/m0/s1. The van der Waals surface area contributed by atoms with Gasteiger partial charge in [0.2, 0.25) is 11.8 Å². The molecule has 7 heteroatoms. The zero-order valence-electron chi connectivity index (χ0n) is 18.6. The number of rotatable bonds is 9. The Labute approximate surface area is 205 Å². The van der Waals surface area contributed by atoms with Crippen molar-refractivity contribution in [1.29, 1.82) is 0 Å². The quantitative estimate of drug-likeness (QED) is 0.466. The number of halogens is 2. The van der Waals surface area contributed by atoms with Crippen molar-refractivity contribution in [3.8, 4) is 0 Å². The van der Waals surface area contributed by atoms with E-state index in [0.717, 1.165) is 31.4 Å². The highest BCUT2D eigenvalue weighted by Gasteiger charge is 2.29. The Kier molecular flexibility index (Phi) is 9.33. The molecule has 1 aliphatic rings. The molecule has 0 bridgehead atoms. The Hall–Kier alpha value is -1.69. The predicted octanol–water partition coefficient (Wildman–Crippen LogP) is 6.01. The first-order valence-corrected chi connectivity index (χ1v) is 12.9. The van der Waals surface area contributed by atoms with Gasteiger partial charge in [-0.1, -0.05) is 71.9 Å². The Morgan fingerprint density at radius 3 is 2.34 bits per heavy atom. The van der Waals surface area contributed by atoms with Gasteiger partial charge in [0.15, 0.2) is 0 Å². The molecule has 1 saturated carbocycles. The highest BCUT2D eigenvalue weighted by atomic mass is 35.5. The van der Waals surface area contributed by atoms with Crippen molar-refractivity contribution in [3.63, 3.8) is 0 Å². The number of nitrogens with one attached hydrogen (secondary N) is 1. The molecule has 3 rings (SSSR count). The van der Waals surface area contributed by atoms with E-state index in [1.807, 2.05) is 0 Å². The van der Waals surface area contributed by atoms with Gasteiger partial charge in [0.25, 0.3) is 0 Å². The normalized spacial score (nSPS) is 14.9. The Morgan fingerprint density at radius 1 is 1.09 bits per heavy atom. The fourth-order valence-corrected chi connectivity index (χ4v) is 5.24. The second kappa shape index (κ2) is 12.0. The SMILES string of the molecule is Cc1ccc(CSCC(=O)N(Cc2c(Cl)cccc2Cl)[C@@H](C)C(=O)NC2CCCC2)cc1. The highest BCUT2D eigenvalue weighted by molar-refractivity contribution is 7.99. The number of aryl methyl sites for hydroxylation is 1. The molecule has 0 radical (unpaired) electrons. The molecule has 0 aliphatic heterocycles. The van der Waals surface area contributed by atoms with Gasteiger partial charge in [0.05, 0.1) is 5.75 Å². The van der Waals surface area contributed by atoms with Crippen LogP contribution in [0, 0.1) is 6.92 Å². The van der Waals surface area contributed by atoms with Gasteiger partial charge >= 0.3 is 0 Å². The van der Waals surface area contributed by atoms with Gasteiger partial charge in [0.1, 0.15) is 6.04 Å². The van der Waals surface area contributed by atoms with Crippen LogP contribution in [0.5, 0.6) is 0 Å². The van der Waals surface area contributed by atoms with E-state index in [1.54, 1.807) is 41.8 Å². The van der Waals surface area contributed by atoms with Crippen molar-refractivity contribution in [2.45, 2.75) is 63.9 Å². The number of carbonyl (C=O) groups is 2. The van der Waals surface area contributed by atoms with Crippen LogP contribution in [0.15, 0.2) is 42.5 Å². The maximum absolute atomic E-state index is 13.2. The van der Waals surface area contributed by atoms with Gasteiger partial charge in [-0.2, -0.15) is 0 Å². The maximum Gasteiger partial charge on any atom is 0.242 e. The highest BCUT2D eigenvalue weighted by Crippen LogP contribution is 2.27. The molecule has 2 amide bonds. The van der Waals surface area contributed by atoms with E-state index in [0.29, 0.717) is 15.6 Å². The zero-order chi connectivity index (χ0) is 23.1. The maximum atomic E-state index is 13.2. The average molecular weight is 494 g/mol. The smallest absolute Gasteiger partial charge is 0.242 e. The van der Waals surface area contributed by atoms with Crippen molar-refractivity contribution < 1.29 is 9.59 Å². The van der Waals surface area contributed by atoms with Crippen molar-refractivity contribution in [2.24, 2.45) is 0 Å². The topological polar surface area (TPSA) is 49.4 Å². The van der Waals surface area contributed by atoms with Gasteiger partial charge in [-0.25, -0.2) is 0 Å². The number of amides is 2. The molecule has 1 N–H and O–H groups in total. The zero-order valence-corrected chi connectivity index (χ0v) is 20.9. The average Bonchev–Trinajstić information content (AvgIpc) is 3.27. The number of carbonyl (C=O) groups excluding carboxylic acids is 2. The molecule has 4 nitrogen and oxygen atoms in total. The predicted molar refractivity (Wildman–Crippen MR) is 134 cm³/mol. The van der Waals surface area contributed by atoms with E-state index in [-0.39, 0.29) is 30.2 Å². The largest absolute Gasteiger partial charge is 0.352 e. The fourth-order valence-electron chi connectivity index (χ4n) is 3.85. The molecular formula is C25H30Cl2N2O2S. The van der Waals surface area contributed by atoms with Gasteiger partial charge in [-0.3, -0.25) is 9.59 Å². The molecule has 0 saturated heterocycles. The van der Waals surface area contributed by atoms with E-state index < -0.39 is 6.04 Å². The molecule has 0 unspecified atom stereocenters. The summed E-state index contributed by atoms with van der Waals surface area (Å²) in [5.74, 6) is 0.774. The van der Waals surface area contributed by atoms with E-state index in [9.17, 15) is 9.59 Å². The molecule has 32 heavy (non-hydrogen) atoms. The van der Waals surface area contributed by atoms with Crippen molar-refractivity contribution in [3.05, 3.63) is 69.2 Å². The number of nitrogens with zero attached hydrogens (tertiary/aromatic N) is 1. The molecule has 0 heterocycles. The summed E-state index contributed by atoms with van der Waals surface area (Å²) >= 11 is 14.3. The molecule has 0 spiro atoms. The lowest BCUT2D eigenvalue weighted by Gasteiger charge is -2.30. The minimum atomic E-state index is -0.615. The van der Waals surface area contributed by atoms with Crippen molar-refractivity contribution >= 4 is 46.8 Å². The van der Waals surface area contributed by atoms with Crippen LogP contribution in [0.2, 0.25) is 10.0 Å². The van der Waals surface area contributed by atoms with Gasteiger partial charge in [0, 0.05) is 33.9 Å². The third-order valence-electron chi connectivity index (χ3n) is 5.87. The first kappa shape index (κ1) is 24.9. The summed E-state index contributed by atoms with van der Waals surface area (Å²) in [5, 5.41) is 4.09. The molecular weight excluding hydrogens is 463 g/mol. The van der Waals surface area contributed by atoms with Crippen LogP contribution in [0.4, 0.5) is 0 Å². The lowest BCUT2D eigenvalue weighted by molar-refractivity contribution is -0.138. The number of hydrogen-bond donors (Lipinski definition) is 1. The van der Waals surface area contributed by atoms with Gasteiger partial charge < -0.3 is 10.2 Å². The lowest BCUT2D eigenvalue weighted by atomic mass is 10.1. The fraction of sp³-hybridized carbons (Fsp3) is 0.440. The Balaban J connectivity index is 1.70. The van der Waals surface area contributed by atoms with Crippen LogP contribution in [0.3, 0.4) is 0 Å². The molecule has 0 aromatic heterocycles. The van der Waals surface area contributed by atoms with Crippen LogP contribution in [0.1, 0.15) is 49.3 Å². The van der Waals surface area contributed by atoms with E-state index in [1.165, 1.54) is 11.1 Å². The minimum absolute atomic E-state index is 0.104. The first-order valence-electron chi connectivity index (χ1n) is 11.0. The molecule has 172 valence electrons. The molecule has 1 atom stereocenters. The van der Waals surface area contributed by atoms with E-state index >= 15 is 0 Å². The second-order valence-corrected chi connectivity index (χ2v) is 10.2. The molecule has 2 aromatic carbocycles. The van der Waals surface area contributed by atoms with Gasteiger partial charge in [-0.15, -0.1) is 11.8 Å². The first-order chi connectivity index (χ1) is 15.3. The summed E-state index contributed by atoms with van der Waals surface area (Å²) < 4.78 is 0. The van der Waals surface area contributed by atoms with Crippen LogP contribution in [0.25, 0.3) is 0 Å². The van der Waals surface area contributed by atoms with Crippen molar-refractivity contribution in [1.82, 2.24) is 10.2 Å². The minimum Gasteiger partial charge on any atom is -0.352 e. The third kappa shape index (κ3) is 6.90. The number of hydrogen-bond acceptors (Lipinski definition) is 3. The Morgan fingerprint density at radius 2 is 1.72 bits per heavy atom. The number of benzene rings is 2. The summed E-state index contributed by atoms with van der Waals surface area (Å²) in [7, 11) is 0. The van der Waals surface area contributed by atoms with E-state index in [2.05, 4.69) is 36.5 Å². The van der Waals surface area contributed by atoms with Crippen LogP contribution in [-0.2, 0) is 21.9 Å². The van der Waals surface area contributed by atoms with Crippen LogP contribution < -0.4 is 5.32 Å². The van der Waals surface area contributed by atoms with Crippen LogP contribution in [-0.4, -0.2) is 34.6 Å². The summed E-state index contributed by atoms with van der Waals surface area (Å²) in [6.07, 6.45) is 4.25.